The Morgan fingerprint density at radius 2 is 2.14 bits per heavy atom. The van der Waals surface area contributed by atoms with Gasteiger partial charge in [-0.3, -0.25) is 4.79 Å². The molecule has 1 aromatic rings. The Hall–Kier alpha value is -1.70. The first-order valence-electron chi connectivity index (χ1n) is 6.66. The van der Waals surface area contributed by atoms with E-state index in [-0.39, 0.29) is 42.6 Å². The lowest BCUT2D eigenvalue weighted by atomic mass is 10.1. The topological polar surface area (TPSA) is 77.0 Å². The number of hydrogen-bond acceptors (Lipinski definition) is 5. The molecule has 1 amide bonds. The molecule has 0 saturated carbocycles. The number of aliphatic hydroxyl groups is 1. The molecule has 0 unspecified atom stereocenters. The summed E-state index contributed by atoms with van der Waals surface area (Å²) >= 11 is 0. The number of carbonyl (C=O) groups is 1. The van der Waals surface area contributed by atoms with Gasteiger partial charge in [-0.15, -0.1) is 0 Å². The number of carbonyl (C=O) groups excluding carboxylic acids is 1. The molecule has 2 fully saturated rings. The highest BCUT2D eigenvalue weighted by Gasteiger charge is 2.47. The van der Waals surface area contributed by atoms with Crippen molar-refractivity contribution in [2.24, 2.45) is 0 Å². The summed E-state index contributed by atoms with van der Waals surface area (Å²) in [5.74, 6) is -0.885. The van der Waals surface area contributed by atoms with E-state index in [0.717, 1.165) is 0 Å². The minimum atomic E-state index is -0.664. The van der Waals surface area contributed by atoms with Crippen LogP contribution < -0.4 is 10.1 Å². The fourth-order valence-corrected chi connectivity index (χ4v) is 2.66. The van der Waals surface area contributed by atoms with Gasteiger partial charge < -0.3 is 24.6 Å². The first-order valence-corrected chi connectivity index (χ1v) is 6.66. The Kier molecular flexibility index (Phi) is 3.79. The fourth-order valence-electron chi connectivity index (χ4n) is 2.66. The van der Waals surface area contributed by atoms with Crippen molar-refractivity contribution < 1.29 is 28.5 Å². The van der Waals surface area contributed by atoms with Gasteiger partial charge in [-0.25, -0.2) is 4.39 Å². The van der Waals surface area contributed by atoms with Crippen molar-refractivity contribution in [2.45, 2.75) is 24.4 Å². The van der Waals surface area contributed by atoms with Crippen molar-refractivity contribution in [1.29, 1.82) is 0 Å². The van der Waals surface area contributed by atoms with Gasteiger partial charge in [-0.05, 0) is 18.2 Å². The first-order chi connectivity index (χ1) is 10.1. The van der Waals surface area contributed by atoms with Gasteiger partial charge in [0.05, 0.1) is 26.4 Å². The molecule has 0 aliphatic carbocycles. The molecule has 2 N–H and O–H groups in total. The average Bonchev–Trinajstić information content (AvgIpc) is 3.04. The lowest BCUT2D eigenvalue weighted by Gasteiger charge is -2.17. The summed E-state index contributed by atoms with van der Waals surface area (Å²) in [5, 5.41) is 12.4. The maximum Gasteiger partial charge on any atom is 0.251 e. The molecule has 1 aromatic carbocycles. The molecule has 0 bridgehead atoms. The maximum absolute atomic E-state index is 13.3. The van der Waals surface area contributed by atoms with Crippen LogP contribution in [0.2, 0.25) is 0 Å². The molecule has 114 valence electrons. The first kappa shape index (κ1) is 14.2. The van der Waals surface area contributed by atoms with Crippen LogP contribution in [0.4, 0.5) is 4.39 Å². The normalized spacial score (nSPS) is 31.0. The van der Waals surface area contributed by atoms with Gasteiger partial charge in [0, 0.05) is 5.56 Å². The van der Waals surface area contributed by atoms with E-state index >= 15 is 0 Å². The van der Waals surface area contributed by atoms with Gasteiger partial charge >= 0.3 is 0 Å². The maximum atomic E-state index is 13.3. The molecule has 7 heteroatoms. The standard InChI is InChI=1S/C14H16FNO5/c1-19-11-4-7(2-3-8(11)15)14(18)16-9-5-20-13-10(17)6-21-12(9)13/h2-4,9-10,12-13,17H,5-6H2,1H3,(H,16,18)/t9-,10-,12-,13-/m1/s1. The highest BCUT2D eigenvalue weighted by atomic mass is 19.1. The molecule has 2 aliphatic heterocycles. The molecule has 0 radical (unpaired) electrons. The zero-order valence-electron chi connectivity index (χ0n) is 11.4. The van der Waals surface area contributed by atoms with Crippen molar-refractivity contribution in [3.05, 3.63) is 29.6 Å². The van der Waals surface area contributed by atoms with Crippen LogP contribution in [0.3, 0.4) is 0 Å². The van der Waals surface area contributed by atoms with Crippen LogP contribution in [-0.2, 0) is 9.47 Å². The van der Waals surface area contributed by atoms with E-state index in [9.17, 15) is 14.3 Å². The summed E-state index contributed by atoms with van der Waals surface area (Å²) in [6, 6.07) is 3.56. The molecule has 2 heterocycles. The molecular formula is C14H16FNO5. The van der Waals surface area contributed by atoms with Gasteiger partial charge in [0.25, 0.3) is 5.91 Å². The number of halogens is 1. The average molecular weight is 297 g/mol. The summed E-state index contributed by atoms with van der Waals surface area (Å²) in [4.78, 5) is 12.2. The smallest absolute Gasteiger partial charge is 0.251 e. The third-order valence-electron chi connectivity index (χ3n) is 3.76. The van der Waals surface area contributed by atoms with E-state index in [1.807, 2.05) is 0 Å². The summed E-state index contributed by atoms with van der Waals surface area (Å²) < 4.78 is 29.0. The van der Waals surface area contributed by atoms with Crippen LogP contribution in [-0.4, -0.2) is 55.7 Å². The van der Waals surface area contributed by atoms with Crippen LogP contribution >= 0.6 is 0 Å². The van der Waals surface area contributed by atoms with E-state index in [2.05, 4.69) is 5.32 Å². The fraction of sp³-hybridized carbons (Fsp3) is 0.500. The van der Waals surface area contributed by atoms with Crippen LogP contribution in [0.25, 0.3) is 0 Å². The Morgan fingerprint density at radius 1 is 1.38 bits per heavy atom. The number of rotatable bonds is 3. The van der Waals surface area contributed by atoms with Gasteiger partial charge in [0.2, 0.25) is 0 Å². The molecular weight excluding hydrogens is 281 g/mol. The summed E-state index contributed by atoms with van der Waals surface area (Å²) in [5.41, 5.74) is 0.287. The lowest BCUT2D eigenvalue weighted by molar-refractivity contribution is 0.0178. The lowest BCUT2D eigenvalue weighted by Crippen LogP contribution is -2.44. The van der Waals surface area contributed by atoms with Crippen LogP contribution in [0.5, 0.6) is 5.75 Å². The minimum Gasteiger partial charge on any atom is -0.494 e. The molecule has 6 nitrogen and oxygen atoms in total. The SMILES string of the molecule is COc1cc(C(=O)N[C@@H]2CO[C@H]3[C@@H]2OC[C@H]3O)ccc1F. The Balaban J connectivity index is 1.69. The number of nitrogens with one attached hydrogen (secondary N) is 1. The van der Waals surface area contributed by atoms with E-state index in [1.165, 1.54) is 25.3 Å². The van der Waals surface area contributed by atoms with Crippen molar-refractivity contribution >= 4 is 5.91 Å². The second-order valence-corrected chi connectivity index (χ2v) is 5.09. The number of amides is 1. The van der Waals surface area contributed by atoms with Gasteiger partial charge in [-0.1, -0.05) is 0 Å². The van der Waals surface area contributed by atoms with Crippen LogP contribution in [0.1, 0.15) is 10.4 Å². The Morgan fingerprint density at radius 3 is 2.90 bits per heavy atom. The zero-order valence-corrected chi connectivity index (χ0v) is 11.4. The molecule has 2 saturated heterocycles. The largest absolute Gasteiger partial charge is 0.494 e. The Labute approximate surface area is 120 Å². The number of ether oxygens (including phenoxy) is 3. The van der Waals surface area contributed by atoms with Crippen molar-refractivity contribution in [3.8, 4) is 5.75 Å². The molecule has 3 rings (SSSR count). The second-order valence-electron chi connectivity index (χ2n) is 5.09. The minimum absolute atomic E-state index is 0.00994. The van der Waals surface area contributed by atoms with Crippen LogP contribution in [0, 0.1) is 5.82 Å². The molecule has 0 spiro atoms. The highest BCUT2D eigenvalue weighted by molar-refractivity contribution is 5.94. The van der Waals surface area contributed by atoms with E-state index in [0.29, 0.717) is 0 Å². The molecule has 0 aromatic heterocycles. The predicted molar refractivity (Wildman–Crippen MR) is 69.7 cm³/mol. The molecule has 21 heavy (non-hydrogen) atoms. The van der Waals surface area contributed by atoms with Crippen molar-refractivity contribution in [2.75, 3.05) is 20.3 Å². The third kappa shape index (κ3) is 2.59. The molecule has 4 atom stereocenters. The number of fused-ring (bicyclic) bond motifs is 1. The predicted octanol–water partition coefficient (Wildman–Crippen LogP) is 0.0912. The monoisotopic (exact) mass is 297 g/mol. The van der Waals surface area contributed by atoms with E-state index in [1.54, 1.807) is 0 Å². The number of methoxy groups -OCH3 is 1. The van der Waals surface area contributed by atoms with Crippen LogP contribution in [0.15, 0.2) is 18.2 Å². The number of benzene rings is 1. The summed E-state index contributed by atoms with van der Waals surface area (Å²) in [7, 11) is 1.34. The Bertz CT molecular complexity index is 552. The van der Waals surface area contributed by atoms with Gasteiger partial charge in [0.1, 0.15) is 18.3 Å². The van der Waals surface area contributed by atoms with E-state index in [4.69, 9.17) is 14.2 Å². The highest BCUT2D eigenvalue weighted by Crippen LogP contribution is 2.27. The molecule has 2 aliphatic rings. The summed E-state index contributed by atoms with van der Waals surface area (Å²) in [6.07, 6.45) is -1.42. The number of aliphatic hydroxyl groups excluding tert-OH is 1. The number of hydrogen-bond donors (Lipinski definition) is 2. The van der Waals surface area contributed by atoms with Crippen molar-refractivity contribution in [1.82, 2.24) is 5.32 Å². The quantitative estimate of drug-likeness (QED) is 0.827. The third-order valence-corrected chi connectivity index (χ3v) is 3.76. The second kappa shape index (κ2) is 5.59. The van der Waals surface area contributed by atoms with Gasteiger partial charge in [-0.2, -0.15) is 0 Å². The van der Waals surface area contributed by atoms with E-state index < -0.39 is 18.0 Å². The zero-order chi connectivity index (χ0) is 15.0. The van der Waals surface area contributed by atoms with Crippen molar-refractivity contribution in [3.63, 3.8) is 0 Å². The summed E-state index contributed by atoms with van der Waals surface area (Å²) in [6.45, 7) is 0.475. The van der Waals surface area contributed by atoms with Gasteiger partial charge in [0.15, 0.2) is 11.6 Å².